The predicted molar refractivity (Wildman–Crippen MR) is 258 cm³/mol. The second kappa shape index (κ2) is 14.0. The molecule has 296 valence electrons. The molecule has 3 nitrogen and oxygen atoms in total. The zero-order valence-electron chi connectivity index (χ0n) is 34.3. The second-order valence-corrected chi connectivity index (χ2v) is 16.7. The zero-order chi connectivity index (χ0) is 41.5. The van der Waals surface area contributed by atoms with Gasteiger partial charge in [0.15, 0.2) is 0 Å². The Labute approximate surface area is 365 Å². The van der Waals surface area contributed by atoms with Crippen molar-refractivity contribution in [2.75, 3.05) is 4.90 Å². The molecule has 0 atom stereocenters. The highest BCUT2D eigenvalue weighted by molar-refractivity contribution is 6.13. The van der Waals surface area contributed by atoms with Crippen LogP contribution in [0, 0.1) is 0 Å². The van der Waals surface area contributed by atoms with Gasteiger partial charge in [-0.25, -0.2) is 0 Å². The van der Waals surface area contributed by atoms with Gasteiger partial charge >= 0.3 is 0 Å². The van der Waals surface area contributed by atoms with E-state index in [9.17, 15) is 0 Å². The van der Waals surface area contributed by atoms with Crippen molar-refractivity contribution in [3.8, 4) is 44.9 Å². The van der Waals surface area contributed by atoms with Crippen molar-refractivity contribution in [2.24, 2.45) is 0 Å². The van der Waals surface area contributed by atoms with Crippen LogP contribution >= 0.6 is 0 Å². The van der Waals surface area contributed by atoms with Gasteiger partial charge in [0.05, 0.1) is 5.41 Å². The normalized spacial score (nSPS) is 13.1. The van der Waals surface area contributed by atoms with E-state index in [-0.39, 0.29) is 0 Å². The van der Waals surface area contributed by atoms with Crippen LogP contribution in [0.2, 0.25) is 0 Å². The molecule has 13 rings (SSSR count). The minimum Gasteiger partial charge on any atom is -0.457 e. The number of hydrogen-bond acceptors (Lipinski definition) is 3. The van der Waals surface area contributed by atoms with E-state index < -0.39 is 5.41 Å². The number of para-hydroxylation sites is 3. The largest absolute Gasteiger partial charge is 0.457 e. The van der Waals surface area contributed by atoms with Crippen molar-refractivity contribution >= 4 is 44.1 Å². The first-order chi connectivity index (χ1) is 31.3. The smallest absolute Gasteiger partial charge is 0.136 e. The molecule has 0 bridgehead atoms. The summed E-state index contributed by atoms with van der Waals surface area (Å²) in [7, 11) is 0. The fourth-order valence-corrected chi connectivity index (χ4v) is 10.8. The number of furan rings is 1. The Kier molecular flexibility index (Phi) is 7.88. The van der Waals surface area contributed by atoms with Crippen molar-refractivity contribution in [3.05, 3.63) is 252 Å². The molecule has 0 saturated heterocycles. The van der Waals surface area contributed by atoms with E-state index in [0.29, 0.717) is 6.54 Å². The van der Waals surface area contributed by atoms with Gasteiger partial charge in [-0.1, -0.05) is 182 Å². The second-order valence-electron chi connectivity index (χ2n) is 16.7. The highest BCUT2D eigenvalue weighted by Gasteiger charge is 2.52. The van der Waals surface area contributed by atoms with Crippen LogP contribution in [-0.4, -0.2) is 0 Å². The third-order valence-electron chi connectivity index (χ3n) is 13.4. The minimum atomic E-state index is -0.611. The molecule has 0 unspecified atom stereocenters. The summed E-state index contributed by atoms with van der Waals surface area (Å²) in [5.74, 6) is 1.77. The number of rotatable bonds is 6. The predicted octanol–water partition coefficient (Wildman–Crippen LogP) is 15.9. The summed E-state index contributed by atoms with van der Waals surface area (Å²) in [6.07, 6.45) is 0. The topological polar surface area (TPSA) is 25.6 Å². The number of ether oxygens (including phenoxy) is 1. The van der Waals surface area contributed by atoms with Crippen LogP contribution in [0.1, 0.15) is 27.8 Å². The zero-order valence-corrected chi connectivity index (χ0v) is 34.3. The average Bonchev–Trinajstić information content (AvgIpc) is 3.88. The van der Waals surface area contributed by atoms with Crippen molar-refractivity contribution in [1.29, 1.82) is 0 Å². The molecule has 63 heavy (non-hydrogen) atoms. The van der Waals surface area contributed by atoms with Gasteiger partial charge in [-0.3, -0.25) is 0 Å². The Morgan fingerprint density at radius 1 is 0.397 bits per heavy atom. The highest BCUT2D eigenvalue weighted by Crippen LogP contribution is 2.65. The van der Waals surface area contributed by atoms with E-state index in [2.05, 4.69) is 223 Å². The molecule has 0 saturated carbocycles. The number of benzene rings is 10. The number of fused-ring (bicyclic) bond motifs is 14. The van der Waals surface area contributed by atoms with E-state index in [1.807, 2.05) is 6.07 Å². The lowest BCUT2D eigenvalue weighted by atomic mass is 9.66. The molecule has 0 amide bonds. The molecule has 1 spiro atoms. The molecule has 0 radical (unpaired) electrons. The first-order valence-corrected chi connectivity index (χ1v) is 21.7. The fourth-order valence-electron chi connectivity index (χ4n) is 10.8. The van der Waals surface area contributed by atoms with Crippen molar-refractivity contribution in [3.63, 3.8) is 0 Å². The third kappa shape index (κ3) is 5.27. The lowest BCUT2D eigenvalue weighted by Crippen LogP contribution is -2.32. The molecule has 1 aromatic heterocycles. The molecular formula is C60H39NO2. The summed E-state index contributed by atoms with van der Waals surface area (Å²) in [6.45, 7) is 0.645. The Balaban J connectivity index is 1.08. The van der Waals surface area contributed by atoms with E-state index in [0.717, 1.165) is 67.1 Å². The van der Waals surface area contributed by atoms with Crippen molar-refractivity contribution in [1.82, 2.24) is 0 Å². The fraction of sp³-hybridized carbons (Fsp3) is 0.0333. The standard InChI is InChI=1S/C60H39NO2/c1-2-16-39(17-3-1)44-20-6-5-19-42(44)38-61(43-35-32-41(33-36-43)45-23-14-31-56-57(45)47-22-8-11-28-53(47)62-56)52-27-15-26-50-59(52)58-46-21-7-4-18-40(46)34-37-51(58)60(50)48-24-9-12-29-54(48)63-55-30-13-10-25-49(55)60/h1-37H,38H2. The SMILES string of the molecule is c1ccc(-c2ccccc2CN(c2ccc(-c3cccc4oc5ccccc5c34)cc2)c2cccc3c2-c2c(ccc4ccccc24)C32c3ccccc3Oc3ccccc32)cc1. The molecule has 11 aromatic rings. The van der Waals surface area contributed by atoms with E-state index in [4.69, 9.17) is 9.15 Å². The maximum atomic E-state index is 6.74. The van der Waals surface area contributed by atoms with Crippen LogP contribution in [0.15, 0.2) is 229 Å². The van der Waals surface area contributed by atoms with Crippen molar-refractivity contribution < 1.29 is 9.15 Å². The summed E-state index contributed by atoms with van der Waals surface area (Å²) < 4.78 is 13.1. The van der Waals surface area contributed by atoms with Gasteiger partial charge in [0.1, 0.15) is 22.7 Å². The van der Waals surface area contributed by atoms with Crippen LogP contribution in [-0.2, 0) is 12.0 Å². The summed E-state index contributed by atoms with van der Waals surface area (Å²) in [5.41, 5.74) is 16.8. The van der Waals surface area contributed by atoms with E-state index >= 15 is 0 Å². The highest BCUT2D eigenvalue weighted by atomic mass is 16.5. The third-order valence-corrected chi connectivity index (χ3v) is 13.4. The quantitative estimate of drug-likeness (QED) is 0.167. The summed E-state index contributed by atoms with van der Waals surface area (Å²) in [4.78, 5) is 2.54. The Hall–Kier alpha value is -8.14. The van der Waals surface area contributed by atoms with Crippen LogP contribution in [0.25, 0.3) is 66.1 Å². The van der Waals surface area contributed by atoms with Gasteiger partial charge in [0, 0.05) is 45.4 Å². The van der Waals surface area contributed by atoms with Gasteiger partial charge in [-0.2, -0.15) is 0 Å². The summed E-state index contributed by atoms with van der Waals surface area (Å²) >= 11 is 0. The van der Waals surface area contributed by atoms with Crippen LogP contribution in [0.3, 0.4) is 0 Å². The maximum Gasteiger partial charge on any atom is 0.136 e. The van der Waals surface area contributed by atoms with Crippen molar-refractivity contribution in [2.45, 2.75) is 12.0 Å². The molecule has 0 fully saturated rings. The first-order valence-electron chi connectivity index (χ1n) is 21.7. The maximum absolute atomic E-state index is 6.74. The Morgan fingerprint density at radius 3 is 1.83 bits per heavy atom. The molecule has 1 aliphatic heterocycles. The molecule has 2 aliphatic rings. The number of nitrogens with zero attached hydrogens (tertiary/aromatic N) is 1. The Bertz CT molecular complexity index is 3540. The summed E-state index contributed by atoms with van der Waals surface area (Å²) in [5, 5.41) is 4.72. The molecule has 10 aromatic carbocycles. The van der Waals surface area contributed by atoms with Gasteiger partial charge in [0.2, 0.25) is 0 Å². The molecular weight excluding hydrogens is 767 g/mol. The lowest BCUT2D eigenvalue weighted by molar-refractivity contribution is 0.436. The van der Waals surface area contributed by atoms with Crippen LogP contribution in [0.4, 0.5) is 11.4 Å². The number of anilines is 2. The van der Waals surface area contributed by atoms with Gasteiger partial charge in [-0.15, -0.1) is 0 Å². The average molecular weight is 806 g/mol. The molecule has 3 heteroatoms. The number of hydrogen-bond donors (Lipinski definition) is 0. The Morgan fingerprint density at radius 2 is 1.00 bits per heavy atom. The van der Waals surface area contributed by atoms with Crippen LogP contribution in [0.5, 0.6) is 11.5 Å². The monoisotopic (exact) mass is 805 g/mol. The molecule has 1 aliphatic carbocycles. The van der Waals surface area contributed by atoms with Gasteiger partial charge in [0.25, 0.3) is 0 Å². The molecule has 0 N–H and O–H groups in total. The first kappa shape index (κ1) is 35.6. The van der Waals surface area contributed by atoms with Crippen LogP contribution < -0.4 is 9.64 Å². The van der Waals surface area contributed by atoms with E-state index in [1.54, 1.807) is 0 Å². The van der Waals surface area contributed by atoms with Gasteiger partial charge < -0.3 is 14.1 Å². The van der Waals surface area contributed by atoms with E-state index in [1.165, 1.54) is 49.7 Å². The van der Waals surface area contributed by atoms with Gasteiger partial charge in [-0.05, 0) is 97.7 Å². The summed E-state index contributed by atoms with van der Waals surface area (Å²) in [6, 6.07) is 81.2. The minimum absolute atomic E-state index is 0.611. The lowest BCUT2D eigenvalue weighted by Gasteiger charge is -2.39. The molecule has 2 heterocycles.